The van der Waals surface area contributed by atoms with E-state index in [1.807, 2.05) is 29.2 Å². The van der Waals surface area contributed by atoms with Gasteiger partial charge in [-0.2, -0.15) is 0 Å². The van der Waals surface area contributed by atoms with Crippen LogP contribution in [0.5, 0.6) is 0 Å². The van der Waals surface area contributed by atoms with Gasteiger partial charge in [-0.15, -0.1) is 11.3 Å². The summed E-state index contributed by atoms with van der Waals surface area (Å²) in [4.78, 5) is 15.7. The van der Waals surface area contributed by atoms with E-state index < -0.39 is 0 Å². The Morgan fingerprint density at radius 3 is 2.91 bits per heavy atom. The van der Waals surface area contributed by atoms with Crippen LogP contribution < -0.4 is 5.32 Å². The molecule has 0 saturated carbocycles. The largest absolute Gasteiger partial charge is 0.337 e. The van der Waals surface area contributed by atoms with Crippen LogP contribution in [0.2, 0.25) is 5.02 Å². The second kappa shape index (κ2) is 6.82. The van der Waals surface area contributed by atoms with Gasteiger partial charge in [-0.3, -0.25) is 4.79 Å². The second-order valence-corrected chi connectivity index (χ2v) is 7.03. The molecule has 116 valence electrons. The smallest absolute Gasteiger partial charge is 0.236 e. The zero-order chi connectivity index (χ0) is 15.5. The number of hydrogen-bond acceptors (Lipinski definition) is 3. The van der Waals surface area contributed by atoms with Crippen LogP contribution in [0, 0.1) is 0 Å². The molecule has 1 atom stereocenters. The van der Waals surface area contributed by atoms with Crippen LogP contribution in [0.4, 0.5) is 0 Å². The quantitative estimate of drug-likeness (QED) is 0.925. The summed E-state index contributed by atoms with van der Waals surface area (Å²) >= 11 is 7.69. The van der Waals surface area contributed by atoms with E-state index in [1.54, 1.807) is 11.3 Å². The molecule has 0 bridgehead atoms. The first kappa shape index (κ1) is 15.5. The van der Waals surface area contributed by atoms with Gasteiger partial charge in [0.1, 0.15) is 0 Å². The number of halogens is 1. The van der Waals surface area contributed by atoms with Crippen molar-refractivity contribution in [3.63, 3.8) is 0 Å². The van der Waals surface area contributed by atoms with Gasteiger partial charge >= 0.3 is 0 Å². The summed E-state index contributed by atoms with van der Waals surface area (Å²) < 4.78 is 0. The van der Waals surface area contributed by atoms with Crippen LogP contribution >= 0.6 is 22.9 Å². The first-order valence-electron chi connectivity index (χ1n) is 7.45. The Morgan fingerprint density at radius 2 is 2.14 bits per heavy atom. The van der Waals surface area contributed by atoms with Crippen molar-refractivity contribution in [1.29, 1.82) is 0 Å². The van der Waals surface area contributed by atoms with Gasteiger partial charge in [0.2, 0.25) is 5.91 Å². The normalized spacial score (nSPS) is 15.5. The molecule has 0 aliphatic carbocycles. The number of nitrogens with zero attached hydrogens (tertiary/aromatic N) is 1. The fourth-order valence-electron chi connectivity index (χ4n) is 2.68. The van der Waals surface area contributed by atoms with Crippen molar-refractivity contribution in [2.75, 3.05) is 13.1 Å². The van der Waals surface area contributed by atoms with Crippen LogP contribution in [0.3, 0.4) is 0 Å². The minimum atomic E-state index is 0.128. The van der Waals surface area contributed by atoms with Gasteiger partial charge in [-0.1, -0.05) is 23.7 Å². The molecule has 1 aromatic carbocycles. The van der Waals surface area contributed by atoms with Gasteiger partial charge in [0.25, 0.3) is 0 Å². The summed E-state index contributed by atoms with van der Waals surface area (Å²) in [5.74, 6) is 0.165. The fraction of sp³-hybridized carbons (Fsp3) is 0.353. The fourth-order valence-corrected chi connectivity index (χ4v) is 3.70. The lowest BCUT2D eigenvalue weighted by molar-refractivity contribution is -0.131. The Bertz CT molecular complexity index is 653. The maximum Gasteiger partial charge on any atom is 0.236 e. The lowest BCUT2D eigenvalue weighted by Gasteiger charge is -2.27. The Balaban J connectivity index is 1.53. The number of nitrogens with one attached hydrogen (secondary N) is 1. The molecule has 2 heterocycles. The third kappa shape index (κ3) is 3.51. The van der Waals surface area contributed by atoms with Crippen molar-refractivity contribution in [3.8, 4) is 0 Å². The molecule has 1 aliphatic heterocycles. The molecule has 0 fully saturated rings. The van der Waals surface area contributed by atoms with Gasteiger partial charge in [0.15, 0.2) is 0 Å². The van der Waals surface area contributed by atoms with E-state index in [0.717, 1.165) is 30.1 Å². The average molecular weight is 335 g/mol. The first-order valence-corrected chi connectivity index (χ1v) is 8.71. The van der Waals surface area contributed by atoms with Crippen molar-refractivity contribution < 1.29 is 4.79 Å². The minimum Gasteiger partial charge on any atom is -0.337 e. The lowest BCUT2D eigenvalue weighted by atomic mass is 10.1. The number of carbonyl (C=O) groups excluding carboxylic acids is 1. The molecule has 0 spiro atoms. The van der Waals surface area contributed by atoms with Crippen LogP contribution in [0.1, 0.15) is 29.0 Å². The molecule has 1 N–H and O–H groups in total. The molecule has 1 unspecified atom stereocenters. The van der Waals surface area contributed by atoms with Gasteiger partial charge in [-0.05, 0) is 48.1 Å². The number of hydrogen-bond donors (Lipinski definition) is 1. The van der Waals surface area contributed by atoms with Gasteiger partial charge < -0.3 is 10.2 Å². The van der Waals surface area contributed by atoms with Gasteiger partial charge in [0.05, 0.1) is 6.54 Å². The van der Waals surface area contributed by atoms with Crippen LogP contribution in [-0.2, 0) is 17.8 Å². The highest BCUT2D eigenvalue weighted by Gasteiger charge is 2.21. The van der Waals surface area contributed by atoms with Crippen LogP contribution in [0.25, 0.3) is 0 Å². The summed E-state index contributed by atoms with van der Waals surface area (Å²) in [6, 6.07) is 9.98. The topological polar surface area (TPSA) is 32.3 Å². The SMILES string of the molecule is CC(NCC(=O)N1CCc2sccc2C1)c1ccc(Cl)cc1. The van der Waals surface area contributed by atoms with Crippen molar-refractivity contribution in [2.24, 2.45) is 0 Å². The zero-order valence-corrected chi connectivity index (χ0v) is 14.1. The highest BCUT2D eigenvalue weighted by Crippen LogP contribution is 2.24. The highest BCUT2D eigenvalue weighted by molar-refractivity contribution is 7.10. The number of rotatable bonds is 4. The Kier molecular flexibility index (Phi) is 4.81. The number of carbonyl (C=O) groups is 1. The Hall–Kier alpha value is -1.36. The summed E-state index contributed by atoms with van der Waals surface area (Å²) in [6.07, 6.45) is 0.978. The van der Waals surface area contributed by atoms with Crippen molar-refractivity contribution in [2.45, 2.75) is 25.9 Å². The number of fused-ring (bicyclic) bond motifs is 1. The van der Waals surface area contributed by atoms with Gasteiger partial charge in [0, 0.05) is 29.0 Å². The van der Waals surface area contributed by atoms with E-state index in [2.05, 4.69) is 23.7 Å². The van der Waals surface area contributed by atoms with E-state index in [1.165, 1.54) is 10.4 Å². The monoisotopic (exact) mass is 334 g/mol. The van der Waals surface area contributed by atoms with E-state index in [-0.39, 0.29) is 11.9 Å². The molecular weight excluding hydrogens is 316 g/mol. The molecule has 2 aromatic rings. The minimum absolute atomic E-state index is 0.128. The Labute approximate surface area is 139 Å². The molecular formula is C17H19ClN2OS. The van der Waals surface area contributed by atoms with E-state index in [0.29, 0.717) is 6.54 Å². The maximum absolute atomic E-state index is 12.4. The third-order valence-corrected chi connectivity index (χ3v) is 5.36. The lowest BCUT2D eigenvalue weighted by Crippen LogP contribution is -2.41. The number of amides is 1. The molecule has 3 nitrogen and oxygen atoms in total. The second-order valence-electron chi connectivity index (χ2n) is 5.59. The summed E-state index contributed by atoms with van der Waals surface area (Å²) in [7, 11) is 0. The predicted octanol–water partition coefficient (Wildman–Crippen LogP) is 3.64. The summed E-state index contributed by atoms with van der Waals surface area (Å²) in [6.45, 7) is 3.99. The standard InChI is InChI=1S/C17H19ClN2OS/c1-12(13-2-4-15(18)5-3-13)19-10-17(21)20-8-6-16-14(11-20)7-9-22-16/h2-5,7,9,12,19H,6,8,10-11H2,1H3. The van der Waals surface area contributed by atoms with Crippen molar-refractivity contribution >= 4 is 28.8 Å². The molecule has 0 saturated heterocycles. The Morgan fingerprint density at radius 1 is 1.36 bits per heavy atom. The molecule has 1 amide bonds. The van der Waals surface area contributed by atoms with Crippen molar-refractivity contribution in [1.82, 2.24) is 10.2 Å². The van der Waals surface area contributed by atoms with E-state index in [9.17, 15) is 4.79 Å². The summed E-state index contributed by atoms with van der Waals surface area (Å²) in [5.41, 5.74) is 2.44. The van der Waals surface area contributed by atoms with E-state index >= 15 is 0 Å². The summed E-state index contributed by atoms with van der Waals surface area (Å²) in [5, 5.41) is 6.14. The van der Waals surface area contributed by atoms with Crippen LogP contribution in [0.15, 0.2) is 35.7 Å². The number of benzene rings is 1. The maximum atomic E-state index is 12.4. The first-order chi connectivity index (χ1) is 10.6. The number of thiophene rings is 1. The van der Waals surface area contributed by atoms with Crippen LogP contribution in [-0.4, -0.2) is 23.9 Å². The molecule has 0 radical (unpaired) electrons. The predicted molar refractivity (Wildman–Crippen MR) is 91.3 cm³/mol. The average Bonchev–Trinajstić information content (AvgIpc) is 3.00. The van der Waals surface area contributed by atoms with E-state index in [4.69, 9.17) is 11.6 Å². The van der Waals surface area contributed by atoms with Crippen molar-refractivity contribution in [3.05, 3.63) is 56.7 Å². The molecule has 1 aromatic heterocycles. The van der Waals surface area contributed by atoms with Gasteiger partial charge in [-0.25, -0.2) is 0 Å². The molecule has 22 heavy (non-hydrogen) atoms. The third-order valence-electron chi connectivity index (χ3n) is 4.09. The molecule has 3 rings (SSSR count). The zero-order valence-electron chi connectivity index (χ0n) is 12.5. The highest BCUT2D eigenvalue weighted by atomic mass is 35.5. The molecule has 5 heteroatoms. The molecule has 1 aliphatic rings.